The van der Waals surface area contributed by atoms with Gasteiger partial charge in [0, 0.05) is 32.6 Å². The average Bonchev–Trinajstić information content (AvgIpc) is 3.53. The lowest BCUT2D eigenvalue weighted by Crippen LogP contribution is -2.44. The summed E-state index contributed by atoms with van der Waals surface area (Å²) in [5.41, 5.74) is 1.90. The molecule has 4 aromatic rings. The Balaban J connectivity index is 1.35. The van der Waals surface area contributed by atoms with E-state index in [1.807, 2.05) is 47.6 Å². The van der Waals surface area contributed by atoms with Gasteiger partial charge in [-0.15, -0.1) is 0 Å². The molecule has 0 bridgehead atoms. The van der Waals surface area contributed by atoms with Crippen molar-refractivity contribution in [3.63, 3.8) is 0 Å². The minimum atomic E-state index is -0.716. The molecule has 0 aliphatic carbocycles. The number of imidazole rings is 1. The molecule has 39 heavy (non-hydrogen) atoms. The minimum Gasteiger partial charge on any atom is -0.390 e. The van der Waals surface area contributed by atoms with Gasteiger partial charge in [-0.2, -0.15) is 9.97 Å². The lowest BCUT2D eigenvalue weighted by molar-refractivity contribution is -0.133. The molecule has 1 amide bonds. The molecule has 0 atom stereocenters. The number of carbonyl (C=O) groups is 1. The number of aromatic nitrogens is 5. The summed E-state index contributed by atoms with van der Waals surface area (Å²) in [6.07, 6.45) is 2.60. The number of fused-ring (bicyclic) bond motifs is 2. The van der Waals surface area contributed by atoms with Gasteiger partial charge in [0.05, 0.1) is 36.3 Å². The van der Waals surface area contributed by atoms with Gasteiger partial charge in [-0.3, -0.25) is 9.36 Å². The van der Waals surface area contributed by atoms with Crippen molar-refractivity contribution in [2.45, 2.75) is 52.1 Å². The van der Waals surface area contributed by atoms with E-state index in [0.29, 0.717) is 32.3 Å². The molecule has 5 heterocycles. The van der Waals surface area contributed by atoms with Crippen molar-refractivity contribution in [2.75, 3.05) is 44.3 Å². The van der Waals surface area contributed by atoms with Crippen molar-refractivity contribution < 1.29 is 14.6 Å². The summed E-state index contributed by atoms with van der Waals surface area (Å²) in [6, 6.07) is 8.04. The second-order valence-corrected chi connectivity index (χ2v) is 12.0. The molecule has 0 spiro atoms. The third-order valence-electron chi connectivity index (χ3n) is 7.88. The Hall–Kier alpha value is -3.15. The predicted octanol–water partition coefficient (Wildman–Crippen LogP) is 3.38. The fraction of sp³-hybridized carbons (Fsp3) is 0.536. The number of aliphatic hydroxyl groups is 1. The first-order valence-corrected chi connectivity index (χ1v) is 14.6. The van der Waals surface area contributed by atoms with Crippen molar-refractivity contribution in [2.24, 2.45) is 5.92 Å². The normalized spacial score (nSPS) is 17.4. The van der Waals surface area contributed by atoms with Crippen LogP contribution < -0.4 is 4.90 Å². The maximum atomic E-state index is 13.2. The van der Waals surface area contributed by atoms with Crippen LogP contribution in [0.2, 0.25) is 0 Å². The van der Waals surface area contributed by atoms with Gasteiger partial charge in [0.25, 0.3) is 0 Å². The van der Waals surface area contributed by atoms with Crippen molar-refractivity contribution >= 4 is 44.4 Å². The number of nitrogens with zero attached hydrogens (tertiary/aromatic N) is 7. The smallest absolute Gasteiger partial charge is 0.239 e. The topological polar surface area (TPSA) is 110 Å². The number of morpholine rings is 1. The Bertz CT molecular complexity index is 1490. The monoisotopic (exact) mass is 549 g/mol. The number of para-hydroxylation sites is 2. The number of rotatable bonds is 6. The van der Waals surface area contributed by atoms with Gasteiger partial charge in [-0.1, -0.05) is 30.4 Å². The van der Waals surface area contributed by atoms with Gasteiger partial charge in [0.2, 0.25) is 11.9 Å². The molecular formula is C28H35N7O3S. The number of amides is 1. The highest BCUT2D eigenvalue weighted by molar-refractivity contribution is 7.18. The molecule has 2 aliphatic heterocycles. The lowest BCUT2D eigenvalue weighted by Gasteiger charge is -2.37. The third-order valence-corrected chi connectivity index (χ3v) is 8.83. The van der Waals surface area contributed by atoms with Crippen LogP contribution in [0.1, 0.15) is 44.4 Å². The minimum absolute atomic E-state index is 0.0678. The number of hydrogen-bond donors (Lipinski definition) is 1. The van der Waals surface area contributed by atoms with Crippen LogP contribution in [0.5, 0.6) is 0 Å². The fourth-order valence-corrected chi connectivity index (χ4v) is 6.54. The first kappa shape index (κ1) is 26.1. The third kappa shape index (κ3) is 5.10. The van der Waals surface area contributed by atoms with Crippen LogP contribution >= 0.6 is 11.3 Å². The summed E-state index contributed by atoms with van der Waals surface area (Å²) in [6.45, 7) is 9.82. The van der Waals surface area contributed by atoms with Gasteiger partial charge < -0.3 is 19.6 Å². The average molecular weight is 550 g/mol. The molecule has 6 rings (SSSR count). The predicted molar refractivity (Wildman–Crippen MR) is 152 cm³/mol. The number of piperidine rings is 1. The number of aryl methyl sites for hydroxylation is 1. The van der Waals surface area contributed by atoms with Crippen molar-refractivity contribution in [1.82, 2.24) is 29.4 Å². The summed E-state index contributed by atoms with van der Waals surface area (Å²) in [5.74, 6) is 2.53. The van der Waals surface area contributed by atoms with Crippen LogP contribution in [-0.4, -0.2) is 85.4 Å². The molecule has 0 unspecified atom stereocenters. The summed E-state index contributed by atoms with van der Waals surface area (Å²) in [4.78, 5) is 37.8. The first-order valence-electron chi connectivity index (χ1n) is 13.8. The van der Waals surface area contributed by atoms with Crippen LogP contribution in [0.4, 0.5) is 5.82 Å². The number of benzene rings is 1. The second-order valence-electron chi connectivity index (χ2n) is 10.9. The van der Waals surface area contributed by atoms with Gasteiger partial charge in [-0.05, 0) is 44.7 Å². The number of thiazole rings is 1. The van der Waals surface area contributed by atoms with E-state index in [1.165, 1.54) is 11.3 Å². The van der Waals surface area contributed by atoms with Crippen LogP contribution in [0.3, 0.4) is 0 Å². The quantitative estimate of drug-likeness (QED) is 0.390. The Morgan fingerprint density at radius 1 is 1.08 bits per heavy atom. The summed E-state index contributed by atoms with van der Waals surface area (Å²) < 4.78 is 7.64. The molecule has 2 fully saturated rings. The van der Waals surface area contributed by atoms with E-state index >= 15 is 0 Å². The first-order chi connectivity index (χ1) is 18.8. The van der Waals surface area contributed by atoms with Gasteiger partial charge in [0.15, 0.2) is 10.6 Å². The molecule has 206 valence electrons. The maximum absolute atomic E-state index is 13.2. The Morgan fingerprint density at radius 2 is 1.82 bits per heavy atom. The second kappa shape index (κ2) is 10.4. The van der Waals surface area contributed by atoms with E-state index in [2.05, 4.69) is 11.8 Å². The number of hydrogen-bond acceptors (Lipinski definition) is 9. The molecule has 10 nitrogen and oxygen atoms in total. The largest absolute Gasteiger partial charge is 0.390 e. The number of anilines is 1. The van der Waals surface area contributed by atoms with Gasteiger partial charge in [0.1, 0.15) is 16.3 Å². The van der Waals surface area contributed by atoms with E-state index in [9.17, 15) is 9.90 Å². The standard InChI is InChI=1S/C28H35N7O3S/c1-4-21-29-19-7-5-6-8-20(19)35(21)27-31-25(34-13-15-38-16-14-34)24-26(32-27)39-22(30-24)17-23(36)33-11-9-18(10-12-33)28(2,3)37/h5-8,18,37H,4,9-17H2,1-3H3. The van der Waals surface area contributed by atoms with E-state index in [0.717, 1.165) is 70.4 Å². The summed E-state index contributed by atoms with van der Waals surface area (Å²) in [7, 11) is 0. The lowest BCUT2D eigenvalue weighted by atomic mass is 9.83. The molecule has 2 saturated heterocycles. The molecule has 1 N–H and O–H groups in total. The summed E-state index contributed by atoms with van der Waals surface area (Å²) >= 11 is 1.46. The molecule has 2 aliphatic rings. The zero-order chi connectivity index (χ0) is 27.1. The maximum Gasteiger partial charge on any atom is 0.239 e. The molecule has 1 aromatic carbocycles. The van der Waals surface area contributed by atoms with Crippen LogP contribution in [0.15, 0.2) is 24.3 Å². The van der Waals surface area contributed by atoms with Crippen molar-refractivity contribution in [3.8, 4) is 5.95 Å². The van der Waals surface area contributed by atoms with E-state index in [-0.39, 0.29) is 18.2 Å². The van der Waals surface area contributed by atoms with E-state index < -0.39 is 5.60 Å². The van der Waals surface area contributed by atoms with Crippen LogP contribution in [-0.2, 0) is 22.4 Å². The molecule has 3 aromatic heterocycles. The van der Waals surface area contributed by atoms with E-state index in [4.69, 9.17) is 24.7 Å². The van der Waals surface area contributed by atoms with Gasteiger partial charge >= 0.3 is 0 Å². The van der Waals surface area contributed by atoms with E-state index in [1.54, 1.807) is 0 Å². The molecule has 11 heteroatoms. The number of likely N-dealkylation sites (tertiary alicyclic amines) is 1. The van der Waals surface area contributed by atoms with Gasteiger partial charge in [-0.25, -0.2) is 9.97 Å². The zero-order valence-corrected chi connectivity index (χ0v) is 23.6. The number of carbonyl (C=O) groups excluding carboxylic acids is 1. The highest BCUT2D eigenvalue weighted by Gasteiger charge is 2.32. The SMILES string of the molecule is CCc1nc2ccccc2n1-c1nc(N2CCOCC2)c2nc(CC(=O)N3CCC(C(C)(C)O)CC3)sc2n1. The fourth-order valence-electron chi connectivity index (χ4n) is 5.62. The Kier molecular flexibility index (Phi) is 6.98. The van der Waals surface area contributed by atoms with Crippen molar-refractivity contribution in [3.05, 3.63) is 35.1 Å². The Labute approximate surface area is 231 Å². The highest BCUT2D eigenvalue weighted by atomic mass is 32.1. The zero-order valence-electron chi connectivity index (χ0n) is 22.8. The number of ether oxygens (including phenoxy) is 1. The Morgan fingerprint density at radius 3 is 2.54 bits per heavy atom. The summed E-state index contributed by atoms with van der Waals surface area (Å²) in [5, 5.41) is 11.1. The molecule has 0 radical (unpaired) electrons. The highest BCUT2D eigenvalue weighted by Crippen LogP contribution is 2.32. The molecular weight excluding hydrogens is 514 g/mol. The van der Waals surface area contributed by atoms with Crippen LogP contribution in [0, 0.1) is 5.92 Å². The van der Waals surface area contributed by atoms with Crippen molar-refractivity contribution in [1.29, 1.82) is 0 Å². The van der Waals surface area contributed by atoms with Crippen LogP contribution in [0.25, 0.3) is 27.3 Å². The molecule has 0 saturated carbocycles.